The summed E-state index contributed by atoms with van der Waals surface area (Å²) in [6, 6.07) is 1.36. The molecule has 0 aliphatic rings. The molecule has 84 valence electrons. The maximum atomic E-state index is 12.2. The van der Waals surface area contributed by atoms with E-state index in [0.717, 1.165) is 6.07 Å². The third-order valence-corrected chi connectivity index (χ3v) is 2.83. The van der Waals surface area contributed by atoms with Gasteiger partial charge in [0.1, 0.15) is 9.39 Å². The summed E-state index contributed by atoms with van der Waals surface area (Å²) in [6.07, 6.45) is -4.69. The monoisotopic (exact) mass is 352 g/mol. The van der Waals surface area contributed by atoms with Crippen molar-refractivity contribution in [2.24, 2.45) is 5.14 Å². The zero-order valence-corrected chi connectivity index (χ0v) is 9.89. The van der Waals surface area contributed by atoms with Crippen molar-refractivity contribution in [1.29, 1.82) is 0 Å². The summed E-state index contributed by atoms with van der Waals surface area (Å²) in [4.78, 5) is 2.56. The van der Waals surface area contributed by atoms with Crippen LogP contribution in [-0.2, 0) is 16.2 Å². The SMILES string of the molecule is NS(=O)(=O)c1cc(I)nc(C(F)(F)F)c1. The van der Waals surface area contributed by atoms with E-state index in [2.05, 4.69) is 4.98 Å². The molecule has 1 heterocycles. The van der Waals surface area contributed by atoms with Gasteiger partial charge in [-0.3, -0.25) is 0 Å². The summed E-state index contributed by atoms with van der Waals surface area (Å²) in [5.41, 5.74) is -1.28. The number of nitrogens with zero attached hydrogens (tertiary/aromatic N) is 1. The minimum atomic E-state index is -4.69. The second-order valence-corrected chi connectivity index (χ2v) is 5.22. The Bertz CT molecular complexity index is 486. The number of alkyl halides is 3. The van der Waals surface area contributed by atoms with Crippen molar-refractivity contribution in [3.63, 3.8) is 0 Å². The fraction of sp³-hybridized carbons (Fsp3) is 0.167. The number of hydrogen-bond acceptors (Lipinski definition) is 3. The van der Waals surface area contributed by atoms with Crippen LogP contribution < -0.4 is 5.14 Å². The van der Waals surface area contributed by atoms with Gasteiger partial charge >= 0.3 is 6.18 Å². The van der Waals surface area contributed by atoms with Crippen LogP contribution in [0.5, 0.6) is 0 Å². The minimum absolute atomic E-state index is 0.0912. The van der Waals surface area contributed by atoms with E-state index in [1.54, 1.807) is 0 Å². The smallest absolute Gasteiger partial charge is 0.237 e. The fourth-order valence-corrected chi connectivity index (χ4v) is 2.14. The summed E-state index contributed by atoms with van der Waals surface area (Å²) in [7, 11) is -4.15. The topological polar surface area (TPSA) is 73.1 Å². The number of sulfonamides is 1. The molecule has 1 aromatic heterocycles. The van der Waals surface area contributed by atoms with Crippen molar-refractivity contribution in [3.8, 4) is 0 Å². The molecule has 0 bridgehead atoms. The van der Waals surface area contributed by atoms with Crippen molar-refractivity contribution in [1.82, 2.24) is 4.98 Å². The van der Waals surface area contributed by atoms with Gasteiger partial charge in [0.2, 0.25) is 10.0 Å². The molecule has 1 rings (SSSR count). The molecule has 0 aliphatic carbocycles. The first-order chi connectivity index (χ1) is 6.60. The van der Waals surface area contributed by atoms with Gasteiger partial charge in [-0.05, 0) is 34.7 Å². The molecule has 0 aliphatic heterocycles. The van der Waals surface area contributed by atoms with Gasteiger partial charge in [0.05, 0.1) is 4.90 Å². The summed E-state index contributed by atoms with van der Waals surface area (Å²) >= 11 is 1.48. The van der Waals surface area contributed by atoms with E-state index in [4.69, 9.17) is 5.14 Å². The van der Waals surface area contributed by atoms with Crippen LogP contribution in [0.15, 0.2) is 17.0 Å². The normalized spacial score (nSPS) is 12.9. The highest BCUT2D eigenvalue weighted by molar-refractivity contribution is 14.1. The predicted molar refractivity (Wildman–Crippen MR) is 53.3 cm³/mol. The van der Waals surface area contributed by atoms with E-state index in [9.17, 15) is 21.6 Å². The van der Waals surface area contributed by atoms with E-state index in [-0.39, 0.29) is 3.70 Å². The van der Waals surface area contributed by atoms with Crippen LogP contribution in [0.2, 0.25) is 0 Å². The Balaban J connectivity index is 3.43. The van der Waals surface area contributed by atoms with Crippen LogP contribution in [0, 0.1) is 3.70 Å². The molecule has 1 aromatic rings. The Kier molecular flexibility index (Phi) is 3.26. The van der Waals surface area contributed by atoms with Gasteiger partial charge in [0.15, 0.2) is 0 Å². The molecule has 0 radical (unpaired) electrons. The van der Waals surface area contributed by atoms with E-state index < -0.39 is 26.8 Å². The van der Waals surface area contributed by atoms with E-state index >= 15 is 0 Å². The minimum Gasteiger partial charge on any atom is -0.237 e. The quantitative estimate of drug-likeness (QED) is 0.613. The average Bonchev–Trinajstić information content (AvgIpc) is 1.99. The number of primary sulfonamides is 1. The number of nitrogens with two attached hydrogens (primary N) is 1. The predicted octanol–water partition coefficient (Wildman–Crippen LogP) is 1.35. The molecule has 0 saturated carbocycles. The zero-order chi connectivity index (χ0) is 11.9. The number of aromatic nitrogens is 1. The second kappa shape index (κ2) is 3.87. The molecule has 0 unspecified atom stereocenters. The maximum Gasteiger partial charge on any atom is 0.433 e. The number of rotatable bonds is 1. The number of halogens is 4. The summed E-state index contributed by atoms with van der Waals surface area (Å²) in [5, 5.41) is 4.71. The van der Waals surface area contributed by atoms with Crippen molar-refractivity contribution in [2.75, 3.05) is 0 Å². The molecule has 0 fully saturated rings. The first-order valence-corrected chi connectivity index (χ1v) is 6.01. The molecular formula is C6H4F3IN2O2S. The molecule has 0 aromatic carbocycles. The van der Waals surface area contributed by atoms with Gasteiger partial charge in [-0.1, -0.05) is 0 Å². The van der Waals surface area contributed by atoms with Crippen LogP contribution in [-0.4, -0.2) is 13.4 Å². The number of hydrogen-bond donors (Lipinski definition) is 1. The van der Waals surface area contributed by atoms with Crippen molar-refractivity contribution < 1.29 is 21.6 Å². The van der Waals surface area contributed by atoms with Gasteiger partial charge in [-0.2, -0.15) is 13.2 Å². The Hall–Kier alpha value is -0.420. The second-order valence-electron chi connectivity index (χ2n) is 2.55. The number of pyridine rings is 1. The van der Waals surface area contributed by atoms with Gasteiger partial charge < -0.3 is 0 Å². The van der Waals surface area contributed by atoms with Gasteiger partial charge in [0, 0.05) is 0 Å². The highest BCUT2D eigenvalue weighted by Crippen LogP contribution is 2.29. The Labute approximate surface area is 96.9 Å². The van der Waals surface area contributed by atoms with Crippen molar-refractivity contribution >= 4 is 32.6 Å². The molecule has 9 heteroatoms. The first-order valence-electron chi connectivity index (χ1n) is 3.38. The van der Waals surface area contributed by atoms with Crippen molar-refractivity contribution in [3.05, 3.63) is 21.5 Å². The summed E-state index contributed by atoms with van der Waals surface area (Å²) in [5.74, 6) is 0. The molecule has 0 amide bonds. The van der Waals surface area contributed by atoms with Crippen LogP contribution in [0.4, 0.5) is 13.2 Å². The first kappa shape index (κ1) is 12.6. The van der Waals surface area contributed by atoms with E-state index in [1.807, 2.05) is 0 Å². The molecule has 15 heavy (non-hydrogen) atoms. The molecule has 0 saturated heterocycles. The molecule has 2 N–H and O–H groups in total. The van der Waals surface area contributed by atoms with Gasteiger partial charge in [-0.15, -0.1) is 0 Å². The van der Waals surface area contributed by atoms with Crippen LogP contribution in [0.1, 0.15) is 5.69 Å². The molecule has 0 spiro atoms. The molecule has 4 nitrogen and oxygen atoms in total. The lowest BCUT2D eigenvalue weighted by molar-refractivity contribution is -0.141. The highest BCUT2D eigenvalue weighted by Gasteiger charge is 2.33. The third kappa shape index (κ3) is 3.28. The van der Waals surface area contributed by atoms with Gasteiger partial charge in [0.25, 0.3) is 0 Å². The molecular weight excluding hydrogens is 348 g/mol. The largest absolute Gasteiger partial charge is 0.433 e. The fourth-order valence-electron chi connectivity index (χ4n) is 0.783. The lowest BCUT2D eigenvalue weighted by atomic mass is 10.3. The van der Waals surface area contributed by atoms with E-state index in [0.29, 0.717) is 6.07 Å². The standard InChI is InChI=1S/C6H4F3IN2O2S/c7-6(8,9)4-1-3(15(11,13)14)2-5(10)12-4/h1-2H,(H2,11,13,14). The van der Waals surface area contributed by atoms with Crippen LogP contribution in [0.3, 0.4) is 0 Å². The Morgan fingerprint density at radius 2 is 1.87 bits per heavy atom. The maximum absolute atomic E-state index is 12.2. The van der Waals surface area contributed by atoms with Crippen molar-refractivity contribution in [2.45, 2.75) is 11.1 Å². The molecule has 0 atom stereocenters. The average molecular weight is 352 g/mol. The van der Waals surface area contributed by atoms with Crippen LogP contribution >= 0.6 is 22.6 Å². The van der Waals surface area contributed by atoms with E-state index in [1.165, 1.54) is 22.6 Å². The highest BCUT2D eigenvalue weighted by atomic mass is 127. The van der Waals surface area contributed by atoms with Crippen LogP contribution in [0.25, 0.3) is 0 Å². The summed E-state index contributed by atoms with van der Waals surface area (Å²) < 4.78 is 58.3. The Morgan fingerprint density at radius 1 is 1.33 bits per heavy atom. The zero-order valence-electron chi connectivity index (χ0n) is 6.92. The lowest BCUT2D eigenvalue weighted by Crippen LogP contribution is -2.16. The lowest BCUT2D eigenvalue weighted by Gasteiger charge is -2.07. The van der Waals surface area contributed by atoms with Gasteiger partial charge in [-0.25, -0.2) is 18.5 Å². The third-order valence-electron chi connectivity index (χ3n) is 1.39. The Morgan fingerprint density at radius 3 is 2.27 bits per heavy atom. The summed E-state index contributed by atoms with van der Waals surface area (Å²) in [6.45, 7) is 0.